The maximum Gasteiger partial charge on any atom is 0.250 e. The van der Waals surface area contributed by atoms with Gasteiger partial charge in [-0.2, -0.15) is 0 Å². The molecule has 0 unspecified atom stereocenters. The van der Waals surface area contributed by atoms with Gasteiger partial charge in [-0.1, -0.05) is 23.7 Å². The number of halogens is 1. The molecule has 0 atom stereocenters. The van der Waals surface area contributed by atoms with Gasteiger partial charge in [0.2, 0.25) is 5.91 Å². The number of thiophene rings is 1. The van der Waals surface area contributed by atoms with Gasteiger partial charge in [0, 0.05) is 60.0 Å². The molecule has 2 aromatic rings. The Morgan fingerprint density at radius 3 is 2.59 bits per heavy atom. The molecule has 4 rings (SSSR count). The van der Waals surface area contributed by atoms with Crippen molar-refractivity contribution in [3.8, 4) is 0 Å². The summed E-state index contributed by atoms with van der Waals surface area (Å²) in [6.07, 6.45) is 3.49. The van der Waals surface area contributed by atoms with Crippen LogP contribution in [0.25, 0.3) is 0 Å². The molecule has 5 nitrogen and oxygen atoms in total. The maximum absolute atomic E-state index is 12.7. The van der Waals surface area contributed by atoms with Gasteiger partial charge in [0.1, 0.15) is 5.78 Å². The number of rotatable bonds is 6. The van der Waals surface area contributed by atoms with Crippen LogP contribution in [0.1, 0.15) is 44.1 Å². The molecule has 2 aliphatic rings. The van der Waals surface area contributed by atoms with Crippen LogP contribution in [0.2, 0.25) is 5.02 Å². The first-order chi connectivity index (χ1) is 14.0. The van der Waals surface area contributed by atoms with E-state index in [-0.39, 0.29) is 12.2 Å². The Kier molecular flexibility index (Phi) is 6.35. The average molecular weight is 433 g/mol. The molecular weight excluding hydrogens is 408 g/mol. The van der Waals surface area contributed by atoms with Gasteiger partial charge in [-0.3, -0.25) is 14.5 Å². The van der Waals surface area contributed by atoms with Crippen LogP contribution in [0.15, 0.2) is 24.3 Å². The summed E-state index contributed by atoms with van der Waals surface area (Å²) in [5.41, 5.74) is 8.28. The highest BCUT2D eigenvalue weighted by atomic mass is 35.5. The molecule has 1 fully saturated rings. The molecule has 2 aliphatic heterocycles. The van der Waals surface area contributed by atoms with E-state index in [0.29, 0.717) is 23.0 Å². The minimum absolute atomic E-state index is 0.0784. The number of ether oxygens (including phenoxy) is 1. The van der Waals surface area contributed by atoms with Crippen molar-refractivity contribution < 1.29 is 14.3 Å². The summed E-state index contributed by atoms with van der Waals surface area (Å²) in [5, 5.41) is 0.650. The minimum Gasteiger partial charge on any atom is -0.381 e. The molecule has 1 aromatic heterocycles. The first-order valence-corrected chi connectivity index (χ1v) is 11.2. The zero-order valence-corrected chi connectivity index (χ0v) is 17.9. The van der Waals surface area contributed by atoms with Gasteiger partial charge < -0.3 is 10.5 Å². The van der Waals surface area contributed by atoms with E-state index in [2.05, 4.69) is 4.90 Å². The fourth-order valence-corrected chi connectivity index (χ4v) is 5.86. The average Bonchev–Trinajstić information content (AvgIpc) is 3.07. The van der Waals surface area contributed by atoms with Crippen molar-refractivity contribution >= 4 is 34.6 Å². The van der Waals surface area contributed by atoms with Crippen molar-refractivity contribution in [2.75, 3.05) is 19.8 Å². The summed E-state index contributed by atoms with van der Waals surface area (Å²) in [4.78, 5) is 29.3. The first kappa shape index (κ1) is 20.5. The lowest BCUT2D eigenvalue weighted by Gasteiger charge is -2.36. The Hall–Kier alpha value is -1.73. The number of ketones is 1. The van der Waals surface area contributed by atoms with E-state index in [1.54, 1.807) is 23.5 Å². The number of nitrogens with zero attached hydrogens (tertiary/aromatic N) is 1. The third-order valence-electron chi connectivity index (χ3n) is 5.79. The molecule has 0 aliphatic carbocycles. The molecule has 3 heterocycles. The number of amides is 1. The van der Waals surface area contributed by atoms with Crippen molar-refractivity contribution in [1.29, 1.82) is 0 Å². The second kappa shape index (κ2) is 8.96. The Balaban J connectivity index is 1.50. The van der Waals surface area contributed by atoms with E-state index in [0.717, 1.165) is 61.6 Å². The molecule has 29 heavy (non-hydrogen) atoms. The highest BCUT2D eigenvalue weighted by Crippen LogP contribution is 2.35. The number of hydrogen-bond acceptors (Lipinski definition) is 5. The summed E-state index contributed by atoms with van der Waals surface area (Å²) >= 11 is 7.50. The van der Waals surface area contributed by atoms with E-state index in [1.165, 1.54) is 4.88 Å². The normalized spacial score (nSPS) is 17.8. The van der Waals surface area contributed by atoms with Crippen molar-refractivity contribution in [2.24, 2.45) is 5.73 Å². The van der Waals surface area contributed by atoms with Crippen LogP contribution >= 0.6 is 22.9 Å². The van der Waals surface area contributed by atoms with Crippen molar-refractivity contribution in [1.82, 2.24) is 4.90 Å². The molecular formula is C22H25ClN2O3S. The topological polar surface area (TPSA) is 72.6 Å². The second-order valence-corrected chi connectivity index (χ2v) is 9.38. The number of fused-ring (bicyclic) bond motifs is 1. The largest absolute Gasteiger partial charge is 0.381 e. The Morgan fingerprint density at radius 2 is 1.90 bits per heavy atom. The van der Waals surface area contributed by atoms with Crippen molar-refractivity contribution in [3.05, 3.63) is 55.7 Å². The highest BCUT2D eigenvalue weighted by molar-refractivity contribution is 7.12. The summed E-state index contributed by atoms with van der Waals surface area (Å²) < 4.78 is 5.48. The third kappa shape index (κ3) is 4.72. The Labute approximate surface area is 179 Å². The van der Waals surface area contributed by atoms with Gasteiger partial charge >= 0.3 is 0 Å². The number of Topliss-reactive ketones (excluding diaryl/α,β-unsaturated/α-hetero) is 1. The highest BCUT2D eigenvalue weighted by Gasteiger charge is 2.31. The van der Waals surface area contributed by atoms with Crippen molar-refractivity contribution in [3.63, 3.8) is 0 Å². The Morgan fingerprint density at radius 1 is 1.17 bits per heavy atom. The number of hydrogen-bond donors (Lipinski definition) is 1. The lowest BCUT2D eigenvalue weighted by atomic mass is 9.96. The van der Waals surface area contributed by atoms with Crippen molar-refractivity contribution in [2.45, 2.75) is 44.7 Å². The van der Waals surface area contributed by atoms with Gasteiger partial charge in [-0.15, -0.1) is 11.3 Å². The molecule has 1 amide bonds. The predicted octanol–water partition coefficient (Wildman–Crippen LogP) is 3.39. The summed E-state index contributed by atoms with van der Waals surface area (Å²) in [6.45, 7) is 3.38. The van der Waals surface area contributed by atoms with Crippen LogP contribution < -0.4 is 5.73 Å². The van der Waals surface area contributed by atoms with Gasteiger partial charge in [0.25, 0.3) is 0 Å². The molecule has 0 saturated carbocycles. The summed E-state index contributed by atoms with van der Waals surface area (Å²) in [5.74, 6) is -0.342. The van der Waals surface area contributed by atoms with Gasteiger partial charge in [0.05, 0.1) is 5.56 Å². The third-order valence-corrected chi connectivity index (χ3v) is 7.25. The fraction of sp³-hybridized carbons (Fsp3) is 0.455. The quantitative estimate of drug-likeness (QED) is 0.759. The standard InChI is InChI=1S/C22H25ClN2O3S/c23-15-3-1-14(2-4-15)11-17(26)12-19-21(22(24)27)18-5-8-25(13-20(18)29-19)16-6-9-28-10-7-16/h1-4,16H,5-13H2,(H2,24,27). The smallest absolute Gasteiger partial charge is 0.250 e. The zero-order chi connectivity index (χ0) is 20.4. The van der Waals surface area contributed by atoms with Gasteiger partial charge in [-0.25, -0.2) is 0 Å². The van der Waals surface area contributed by atoms with Crippen LogP contribution in [-0.2, 0) is 35.3 Å². The number of primary amides is 1. The van der Waals surface area contributed by atoms with Gasteiger partial charge in [0.15, 0.2) is 0 Å². The second-order valence-electron chi connectivity index (χ2n) is 7.75. The molecule has 0 radical (unpaired) electrons. The number of benzene rings is 1. The molecule has 0 spiro atoms. The number of nitrogens with two attached hydrogens (primary N) is 1. The zero-order valence-electron chi connectivity index (χ0n) is 16.3. The van der Waals surface area contributed by atoms with Crippen LogP contribution in [0.4, 0.5) is 0 Å². The molecule has 154 valence electrons. The summed E-state index contributed by atoms with van der Waals surface area (Å²) in [6, 6.07) is 7.83. The first-order valence-electron chi connectivity index (χ1n) is 10.0. The SMILES string of the molecule is NC(=O)c1c(CC(=O)Cc2ccc(Cl)cc2)sc2c1CCN(C1CCOCC1)C2. The van der Waals surface area contributed by atoms with E-state index < -0.39 is 5.91 Å². The number of carbonyl (C=O) groups excluding carboxylic acids is 2. The molecule has 1 saturated heterocycles. The lowest BCUT2D eigenvalue weighted by Crippen LogP contribution is -2.42. The van der Waals surface area contributed by atoms with E-state index in [1.807, 2.05) is 12.1 Å². The van der Waals surface area contributed by atoms with E-state index in [4.69, 9.17) is 22.1 Å². The van der Waals surface area contributed by atoms with E-state index in [9.17, 15) is 9.59 Å². The minimum atomic E-state index is -0.420. The molecule has 2 N–H and O–H groups in total. The van der Waals surface area contributed by atoms with E-state index >= 15 is 0 Å². The monoisotopic (exact) mass is 432 g/mol. The van der Waals surface area contributed by atoms with Gasteiger partial charge in [-0.05, 0) is 42.5 Å². The number of carbonyl (C=O) groups is 2. The lowest BCUT2D eigenvalue weighted by molar-refractivity contribution is -0.117. The fourth-order valence-electron chi connectivity index (χ4n) is 4.32. The summed E-state index contributed by atoms with van der Waals surface area (Å²) in [7, 11) is 0. The molecule has 1 aromatic carbocycles. The van der Waals surface area contributed by atoms with Crippen LogP contribution in [0.5, 0.6) is 0 Å². The molecule has 7 heteroatoms. The van der Waals surface area contributed by atoms with Crippen LogP contribution in [0, 0.1) is 0 Å². The van der Waals surface area contributed by atoms with Crippen LogP contribution in [-0.4, -0.2) is 42.4 Å². The van der Waals surface area contributed by atoms with Crippen LogP contribution in [0.3, 0.4) is 0 Å². The molecule has 0 bridgehead atoms. The Bertz CT molecular complexity index is 904. The predicted molar refractivity (Wildman–Crippen MR) is 115 cm³/mol. The maximum atomic E-state index is 12.7.